The number of benzene rings is 2. The van der Waals surface area contributed by atoms with Crippen molar-refractivity contribution in [2.24, 2.45) is 5.92 Å². The molecule has 1 fully saturated rings. The molecule has 0 bridgehead atoms. The molecule has 1 saturated heterocycles. The van der Waals surface area contributed by atoms with E-state index in [1.807, 2.05) is 38.1 Å². The van der Waals surface area contributed by atoms with Crippen molar-refractivity contribution < 1.29 is 24.2 Å². The van der Waals surface area contributed by atoms with Crippen molar-refractivity contribution in [2.45, 2.75) is 44.7 Å². The van der Waals surface area contributed by atoms with E-state index < -0.39 is 18.1 Å². The van der Waals surface area contributed by atoms with Crippen molar-refractivity contribution in [3.05, 3.63) is 59.7 Å². The molecule has 2 unspecified atom stereocenters. The minimum absolute atomic E-state index is 0.0635. The number of ether oxygens (including phenoxy) is 1. The highest BCUT2D eigenvalue weighted by Gasteiger charge is 2.35. The summed E-state index contributed by atoms with van der Waals surface area (Å²) in [5.41, 5.74) is 4.55. The minimum atomic E-state index is -0.930. The fourth-order valence-electron chi connectivity index (χ4n) is 4.99. The highest BCUT2D eigenvalue weighted by molar-refractivity contribution is 7.99. The van der Waals surface area contributed by atoms with Crippen LogP contribution in [0.25, 0.3) is 11.1 Å². The van der Waals surface area contributed by atoms with Gasteiger partial charge in [0.25, 0.3) is 0 Å². The summed E-state index contributed by atoms with van der Waals surface area (Å²) in [5, 5.41) is 12.1. The quantitative estimate of drug-likeness (QED) is 0.564. The summed E-state index contributed by atoms with van der Waals surface area (Å²) in [5.74, 6) is 0.263. The molecule has 0 aromatic heterocycles. The molecule has 2 N–H and O–H groups in total. The molecule has 8 heteroatoms. The van der Waals surface area contributed by atoms with Gasteiger partial charge in [-0.15, -0.1) is 0 Å². The molecule has 1 aliphatic heterocycles. The summed E-state index contributed by atoms with van der Waals surface area (Å²) < 4.78 is 5.66. The van der Waals surface area contributed by atoms with E-state index >= 15 is 0 Å². The Morgan fingerprint density at radius 1 is 1.09 bits per heavy atom. The maximum absolute atomic E-state index is 13.4. The second-order valence-electron chi connectivity index (χ2n) is 9.51. The van der Waals surface area contributed by atoms with Gasteiger partial charge >= 0.3 is 12.1 Å². The second kappa shape index (κ2) is 11.2. The van der Waals surface area contributed by atoms with Gasteiger partial charge in [-0.1, -0.05) is 62.4 Å². The van der Waals surface area contributed by atoms with E-state index in [-0.39, 0.29) is 36.8 Å². The fraction of sp³-hybridized carbons (Fsp3) is 0.444. The summed E-state index contributed by atoms with van der Waals surface area (Å²) in [4.78, 5) is 39.2. The van der Waals surface area contributed by atoms with Gasteiger partial charge in [-0.25, -0.2) is 4.79 Å². The number of nitrogens with one attached hydrogen (secondary N) is 1. The maximum Gasteiger partial charge on any atom is 0.407 e. The van der Waals surface area contributed by atoms with E-state index in [1.54, 1.807) is 16.7 Å². The number of aliphatic carboxylic acids is 1. The lowest BCUT2D eigenvalue weighted by atomic mass is 9.98. The summed E-state index contributed by atoms with van der Waals surface area (Å²) in [7, 11) is 0. The molecule has 2 atom stereocenters. The molecule has 1 aliphatic carbocycles. The van der Waals surface area contributed by atoms with Crippen LogP contribution in [0.15, 0.2) is 48.5 Å². The van der Waals surface area contributed by atoms with Crippen molar-refractivity contribution in [1.29, 1.82) is 0 Å². The number of fused-ring (bicyclic) bond motifs is 3. The third-order valence-electron chi connectivity index (χ3n) is 6.56. The van der Waals surface area contributed by atoms with Crippen LogP contribution in [0.2, 0.25) is 0 Å². The third kappa shape index (κ3) is 5.81. The number of carbonyl (C=O) groups excluding carboxylic acids is 2. The van der Waals surface area contributed by atoms with E-state index in [9.17, 15) is 19.5 Å². The van der Waals surface area contributed by atoms with Crippen LogP contribution in [0.4, 0.5) is 4.79 Å². The van der Waals surface area contributed by atoms with Crippen LogP contribution >= 0.6 is 11.8 Å². The molecular weight excluding hydrogens is 464 g/mol. The number of hydrogen-bond acceptors (Lipinski definition) is 5. The molecule has 7 nitrogen and oxygen atoms in total. The van der Waals surface area contributed by atoms with Crippen molar-refractivity contribution in [2.75, 3.05) is 24.7 Å². The van der Waals surface area contributed by atoms with Crippen molar-refractivity contribution in [3.8, 4) is 11.1 Å². The normalized spacial score (nSPS) is 18.0. The summed E-state index contributed by atoms with van der Waals surface area (Å²) >= 11 is 1.65. The van der Waals surface area contributed by atoms with Crippen LogP contribution < -0.4 is 5.32 Å². The zero-order chi connectivity index (χ0) is 24.9. The Kier molecular flexibility index (Phi) is 8.00. The Morgan fingerprint density at radius 3 is 2.31 bits per heavy atom. The Hall–Kier alpha value is -3.00. The van der Waals surface area contributed by atoms with Gasteiger partial charge in [0.2, 0.25) is 5.91 Å². The van der Waals surface area contributed by atoms with Crippen LogP contribution in [0, 0.1) is 5.92 Å². The summed E-state index contributed by atoms with van der Waals surface area (Å²) in [6.45, 7) is 4.62. The average molecular weight is 497 g/mol. The zero-order valence-electron chi connectivity index (χ0n) is 20.1. The number of carbonyl (C=O) groups is 3. The van der Waals surface area contributed by atoms with Gasteiger partial charge in [-0.2, -0.15) is 11.8 Å². The van der Waals surface area contributed by atoms with Gasteiger partial charge in [0.15, 0.2) is 0 Å². The van der Waals surface area contributed by atoms with Crippen molar-refractivity contribution in [1.82, 2.24) is 10.2 Å². The standard InChI is InChI=1S/C27H32N2O5S/c1-17(2)13-24(26(32)29-11-12-35-16-18(29)14-25(30)31)28-27(33)34-15-23-21-9-5-3-7-19(21)20-8-4-6-10-22(20)23/h3-10,17-18,23-24H,11-16H2,1-2H3,(H,28,33)(H,30,31). The van der Waals surface area contributed by atoms with Gasteiger partial charge in [-0.05, 0) is 34.6 Å². The fourth-order valence-corrected chi connectivity index (χ4v) is 6.05. The number of carboxylic acids is 1. The van der Waals surface area contributed by atoms with Crippen molar-refractivity contribution >= 4 is 29.7 Å². The number of rotatable bonds is 8. The maximum atomic E-state index is 13.4. The predicted octanol–water partition coefficient (Wildman–Crippen LogP) is 4.36. The Balaban J connectivity index is 1.44. The highest BCUT2D eigenvalue weighted by Crippen LogP contribution is 2.44. The van der Waals surface area contributed by atoms with Crippen LogP contribution in [-0.4, -0.2) is 64.7 Å². The summed E-state index contributed by atoms with van der Waals surface area (Å²) in [6.07, 6.45) is -0.281. The smallest absolute Gasteiger partial charge is 0.407 e. The lowest BCUT2D eigenvalue weighted by Gasteiger charge is -2.37. The molecule has 35 heavy (non-hydrogen) atoms. The molecule has 1 heterocycles. The van der Waals surface area contributed by atoms with E-state index in [2.05, 4.69) is 29.6 Å². The monoisotopic (exact) mass is 496 g/mol. The number of thioether (sulfide) groups is 1. The number of amides is 2. The van der Waals surface area contributed by atoms with Crippen LogP contribution in [0.5, 0.6) is 0 Å². The number of hydrogen-bond donors (Lipinski definition) is 2. The molecule has 0 saturated carbocycles. The van der Waals surface area contributed by atoms with Crippen LogP contribution in [-0.2, 0) is 14.3 Å². The third-order valence-corrected chi connectivity index (χ3v) is 7.65. The lowest BCUT2D eigenvalue weighted by molar-refractivity contribution is -0.141. The largest absolute Gasteiger partial charge is 0.481 e. The molecule has 2 aromatic carbocycles. The number of alkyl carbamates (subject to hydrolysis) is 1. The molecule has 0 radical (unpaired) electrons. The first-order valence-electron chi connectivity index (χ1n) is 12.1. The Morgan fingerprint density at radius 2 is 1.71 bits per heavy atom. The van der Waals surface area contributed by atoms with Crippen LogP contribution in [0.1, 0.15) is 43.7 Å². The zero-order valence-corrected chi connectivity index (χ0v) is 20.9. The molecule has 0 spiro atoms. The van der Waals surface area contributed by atoms with Gasteiger partial charge in [0, 0.05) is 24.0 Å². The molecule has 4 rings (SSSR count). The van der Waals surface area contributed by atoms with Gasteiger partial charge in [-0.3, -0.25) is 9.59 Å². The molecule has 2 aliphatic rings. The number of nitrogens with zero attached hydrogens (tertiary/aromatic N) is 1. The van der Waals surface area contributed by atoms with E-state index in [4.69, 9.17) is 4.74 Å². The molecule has 186 valence electrons. The van der Waals surface area contributed by atoms with E-state index in [1.165, 1.54) is 0 Å². The van der Waals surface area contributed by atoms with Gasteiger partial charge in [0.1, 0.15) is 12.6 Å². The average Bonchev–Trinajstić information content (AvgIpc) is 3.15. The van der Waals surface area contributed by atoms with E-state index in [0.29, 0.717) is 18.7 Å². The molecular formula is C27H32N2O5S. The van der Waals surface area contributed by atoms with Gasteiger partial charge < -0.3 is 20.1 Å². The summed E-state index contributed by atoms with van der Waals surface area (Å²) in [6, 6.07) is 15.1. The lowest BCUT2D eigenvalue weighted by Crippen LogP contribution is -2.55. The highest BCUT2D eigenvalue weighted by atomic mass is 32.2. The van der Waals surface area contributed by atoms with Gasteiger partial charge in [0.05, 0.1) is 12.5 Å². The van der Waals surface area contributed by atoms with E-state index in [0.717, 1.165) is 28.0 Å². The topological polar surface area (TPSA) is 95.9 Å². The predicted molar refractivity (Wildman–Crippen MR) is 137 cm³/mol. The first-order chi connectivity index (χ1) is 16.8. The van der Waals surface area contributed by atoms with Crippen LogP contribution in [0.3, 0.4) is 0 Å². The SMILES string of the molecule is CC(C)CC(NC(=O)OCC1c2ccccc2-c2ccccc21)C(=O)N1CCSCC1CC(=O)O. The Bertz CT molecular complexity index is 1040. The first-order valence-corrected chi connectivity index (χ1v) is 13.2. The Labute approximate surface area is 210 Å². The molecule has 2 aromatic rings. The minimum Gasteiger partial charge on any atom is -0.481 e. The second-order valence-corrected chi connectivity index (χ2v) is 10.7. The molecule has 2 amide bonds. The first kappa shape index (κ1) is 25.1. The van der Waals surface area contributed by atoms with Crippen molar-refractivity contribution in [3.63, 3.8) is 0 Å². The number of carboxylic acid groups (broad SMARTS) is 1.